The molecule has 0 aliphatic heterocycles. The number of benzene rings is 2. The van der Waals surface area contributed by atoms with Crippen LogP contribution in [-0.2, 0) is 72.8 Å². The van der Waals surface area contributed by atoms with Crippen molar-refractivity contribution >= 4 is 90.8 Å². The number of hydrogen-bond donors (Lipinski definition) is 6. The zero-order valence-electron chi connectivity index (χ0n) is 57.8. The van der Waals surface area contributed by atoms with Gasteiger partial charge in [0.05, 0.1) is 38.4 Å². The number of esters is 2. The summed E-state index contributed by atoms with van der Waals surface area (Å²) < 4.78 is 14.3. The normalized spacial score (nSPS) is 15.5. The highest BCUT2D eigenvalue weighted by Crippen LogP contribution is 2.36. The Hall–Kier alpha value is -6.62. The van der Waals surface area contributed by atoms with Gasteiger partial charge in [-0.05, 0) is 79.8 Å². The fourth-order valence-electron chi connectivity index (χ4n) is 11.7. The van der Waals surface area contributed by atoms with Crippen molar-refractivity contribution in [3.63, 3.8) is 0 Å². The highest BCUT2D eigenvalue weighted by atomic mass is 33.1. The Bertz CT molecular complexity index is 3280. The van der Waals surface area contributed by atoms with Crippen LogP contribution in [0.1, 0.15) is 122 Å². The van der Waals surface area contributed by atoms with Crippen LogP contribution < -0.4 is 31.9 Å². The molecule has 0 saturated carbocycles. The minimum Gasteiger partial charge on any atom is -0.467 e. The minimum absolute atomic E-state index is 0.00500. The van der Waals surface area contributed by atoms with Gasteiger partial charge in [0.25, 0.3) is 0 Å². The van der Waals surface area contributed by atoms with Crippen molar-refractivity contribution in [3.05, 3.63) is 95.3 Å². The molecular weight excluding hydrogens is 1180 g/mol. The second-order valence-electron chi connectivity index (χ2n) is 27.6. The van der Waals surface area contributed by atoms with Gasteiger partial charge >= 0.3 is 11.9 Å². The lowest BCUT2D eigenvalue weighted by Gasteiger charge is -2.40. The highest BCUT2D eigenvalue weighted by molar-refractivity contribution is 8.76. The second kappa shape index (κ2) is 31.6. The minimum atomic E-state index is -1.14. The Balaban J connectivity index is 1.44. The van der Waals surface area contributed by atoms with Gasteiger partial charge < -0.3 is 60.3 Å². The third-order valence-corrected chi connectivity index (χ3v) is 19.6. The molecule has 2 heterocycles. The number of likely N-dealkylation sites (N-methyl/N-ethyl adjacent to an activating group) is 4. The van der Waals surface area contributed by atoms with E-state index in [4.69, 9.17) is 9.47 Å². The molecule has 0 spiro atoms. The number of carbonyl (C=O) groups excluding carboxylic acids is 8. The largest absolute Gasteiger partial charge is 0.467 e. The van der Waals surface area contributed by atoms with Gasteiger partial charge in [-0.1, -0.05) is 167 Å². The fourth-order valence-corrected chi connectivity index (χ4v) is 14.0. The third kappa shape index (κ3) is 18.1. The molecule has 0 bridgehead atoms. The lowest BCUT2D eigenvalue weighted by Crippen LogP contribution is -2.61. The van der Waals surface area contributed by atoms with E-state index in [1.165, 1.54) is 14.2 Å². The molecule has 0 unspecified atom stereocenters. The average molecular weight is 1290 g/mol. The first-order valence-corrected chi connectivity index (χ1v) is 33.2. The zero-order chi connectivity index (χ0) is 68.3. The third-order valence-electron chi connectivity index (χ3n) is 17.2. The summed E-state index contributed by atoms with van der Waals surface area (Å²) in [4.78, 5) is 116. The van der Waals surface area contributed by atoms with Crippen LogP contribution in [0.3, 0.4) is 0 Å². The van der Waals surface area contributed by atoms with Crippen LogP contribution in [0, 0.1) is 22.7 Å². The van der Waals surface area contributed by atoms with Gasteiger partial charge in [0.2, 0.25) is 35.4 Å². The Kier molecular flexibility index (Phi) is 26.6. The maximum atomic E-state index is 14.7. The number of aromatic nitrogens is 2. The standard InChI is InChI=1S/C68H104N10O10S2/c1-39(2)50(77(21)61(83)55(65(7,8)9)73-59(81)53(69-17)67(13,14)45-36-75(19)49-32-28-26-30-44(45)49)33-41(5)57(79)71-46(63(85)87-23)37-89-90-38-47(64(86)88-24)72-58(80)42(6)34-51(40(3)4)78(22)62(84)56(66(10,11)12)74-60(82)54(70-18)68(15,16)52-35-43-29-25-27-31-48(43)76(52)20/h25-36,39-40,46-47,50-51,53-56,69-70H,37-38H2,1-24H3,(H,71,79)(H,72,80)(H,73,81)(H,74,82)/b41-33+,42-34+/t46-,47-,50+,51+,53+,54+,55+,56+/m0/s1. The predicted octanol–water partition coefficient (Wildman–Crippen LogP) is 7.72. The topological polar surface area (TPSA) is 244 Å². The number of ether oxygens (including phenoxy) is 2. The van der Waals surface area contributed by atoms with Crippen LogP contribution in [0.5, 0.6) is 0 Å². The van der Waals surface area contributed by atoms with Crippen LogP contribution in [0.15, 0.2) is 84.1 Å². The summed E-state index contributed by atoms with van der Waals surface area (Å²) in [6.45, 7) is 30.2. The number of nitrogens with one attached hydrogen (secondary N) is 6. The molecule has 8 atom stereocenters. The van der Waals surface area contributed by atoms with Gasteiger partial charge in [-0.3, -0.25) is 28.8 Å². The molecule has 6 N–H and O–H groups in total. The molecule has 4 rings (SSSR count). The Morgan fingerprint density at radius 1 is 0.567 bits per heavy atom. The molecule has 2 aromatic carbocycles. The molecular formula is C68H104N10O10S2. The van der Waals surface area contributed by atoms with Crippen molar-refractivity contribution in [2.45, 2.75) is 170 Å². The van der Waals surface area contributed by atoms with E-state index in [9.17, 15) is 38.4 Å². The monoisotopic (exact) mass is 1280 g/mol. The van der Waals surface area contributed by atoms with Gasteiger partial charge in [-0.15, -0.1) is 0 Å². The van der Waals surface area contributed by atoms with Crippen LogP contribution in [0.25, 0.3) is 21.8 Å². The number of carbonyl (C=O) groups is 8. The van der Waals surface area contributed by atoms with Gasteiger partial charge in [0.15, 0.2) is 0 Å². The van der Waals surface area contributed by atoms with E-state index in [0.717, 1.165) is 54.7 Å². The smallest absolute Gasteiger partial charge is 0.329 e. The maximum Gasteiger partial charge on any atom is 0.329 e. The molecule has 20 nitrogen and oxygen atoms in total. The summed E-state index contributed by atoms with van der Waals surface area (Å²) in [6.07, 6.45) is 5.39. The Morgan fingerprint density at radius 2 is 0.956 bits per heavy atom. The molecule has 0 saturated heterocycles. The first-order chi connectivity index (χ1) is 41.7. The van der Waals surface area contributed by atoms with E-state index in [-0.39, 0.29) is 58.1 Å². The van der Waals surface area contributed by atoms with Crippen LogP contribution in [-0.4, -0.2) is 169 Å². The van der Waals surface area contributed by atoms with Crippen molar-refractivity contribution in [1.29, 1.82) is 0 Å². The molecule has 6 amide bonds. The SMILES string of the molecule is CN[C@H](C(=O)N[C@H](C(=O)N(C)[C@H](/C=C(\C)C(=O)N[C@@H](CSSC[C@H](NC(=O)/C(C)=C/[C@H](C(C)C)N(C)C(=O)[C@@H](NC(=O)[C@@H](NC)C(C)(C)c1cc2ccccc2n1C)C(C)(C)C)C(=O)OC)C(=O)OC)C(C)C)C(C)(C)C)C(C)(C)c1cn(C)c2ccccc12. The van der Waals surface area contributed by atoms with Gasteiger partial charge in [-0.25, -0.2) is 9.59 Å². The lowest BCUT2D eigenvalue weighted by atomic mass is 9.76. The van der Waals surface area contributed by atoms with E-state index in [2.05, 4.69) is 42.5 Å². The van der Waals surface area contributed by atoms with Crippen molar-refractivity contribution in [3.8, 4) is 0 Å². The van der Waals surface area contributed by atoms with E-state index in [1.807, 2.05) is 170 Å². The number of rotatable bonds is 29. The number of aryl methyl sites for hydroxylation is 2. The molecule has 4 aromatic rings. The molecule has 22 heteroatoms. The van der Waals surface area contributed by atoms with Crippen molar-refractivity contribution in [1.82, 2.24) is 50.8 Å². The quantitative estimate of drug-likeness (QED) is 0.0132. The molecule has 0 radical (unpaired) electrons. The number of fused-ring (bicyclic) bond motifs is 2. The lowest BCUT2D eigenvalue weighted by molar-refractivity contribution is -0.144. The Labute approximate surface area is 542 Å². The second-order valence-corrected chi connectivity index (χ2v) is 30.1. The van der Waals surface area contributed by atoms with E-state index in [1.54, 1.807) is 64.0 Å². The zero-order valence-corrected chi connectivity index (χ0v) is 59.4. The summed E-state index contributed by atoms with van der Waals surface area (Å²) in [5.41, 5.74) is 1.59. The summed E-state index contributed by atoms with van der Waals surface area (Å²) >= 11 is 0. The number of methoxy groups -OCH3 is 2. The van der Waals surface area contributed by atoms with Gasteiger partial charge in [0.1, 0.15) is 24.2 Å². The van der Waals surface area contributed by atoms with Crippen molar-refractivity contribution < 1.29 is 47.8 Å². The molecule has 498 valence electrons. The first-order valence-electron chi connectivity index (χ1n) is 30.7. The first kappa shape index (κ1) is 75.8. The number of para-hydroxylation sites is 2. The maximum absolute atomic E-state index is 14.7. The number of nitrogens with zero attached hydrogens (tertiary/aromatic N) is 4. The molecule has 0 aliphatic carbocycles. The van der Waals surface area contributed by atoms with E-state index >= 15 is 0 Å². The van der Waals surface area contributed by atoms with E-state index in [0.29, 0.717) is 0 Å². The number of amides is 6. The molecule has 2 aromatic heterocycles. The number of hydrogen-bond acceptors (Lipinski definition) is 14. The van der Waals surface area contributed by atoms with Gasteiger partial charge in [-0.2, -0.15) is 0 Å². The van der Waals surface area contributed by atoms with Gasteiger partial charge in [0, 0.05) is 90.0 Å². The average Bonchev–Trinajstić information content (AvgIpc) is 1.57. The molecule has 0 fully saturated rings. The summed E-state index contributed by atoms with van der Waals surface area (Å²) in [5.74, 6) is -4.36. The highest BCUT2D eigenvalue weighted by Gasteiger charge is 2.45. The van der Waals surface area contributed by atoms with Crippen LogP contribution in [0.4, 0.5) is 0 Å². The van der Waals surface area contributed by atoms with E-state index < -0.39 is 93.7 Å². The van der Waals surface area contributed by atoms with Crippen molar-refractivity contribution in [2.24, 2.45) is 36.8 Å². The fraction of sp³-hybridized carbons (Fsp3) is 0.588. The van der Waals surface area contributed by atoms with Crippen LogP contribution >= 0.6 is 21.6 Å². The summed E-state index contributed by atoms with van der Waals surface area (Å²) in [5, 5.41) is 20.3. The Morgan fingerprint density at radius 3 is 1.33 bits per heavy atom. The van der Waals surface area contributed by atoms with Crippen molar-refractivity contribution in [2.75, 3.05) is 53.9 Å². The molecule has 90 heavy (non-hydrogen) atoms. The predicted molar refractivity (Wildman–Crippen MR) is 363 cm³/mol. The summed E-state index contributed by atoms with van der Waals surface area (Å²) in [7, 11) is 15.4. The molecule has 0 aliphatic rings. The van der Waals surface area contributed by atoms with Crippen LogP contribution in [0.2, 0.25) is 0 Å². The summed E-state index contributed by atoms with van der Waals surface area (Å²) in [6, 6.07) is 11.3.